The van der Waals surface area contributed by atoms with E-state index in [1.165, 1.54) is 44.5 Å². The molecule has 0 saturated heterocycles. The number of rotatable bonds is 10. The van der Waals surface area contributed by atoms with Gasteiger partial charge >= 0.3 is 0 Å². The van der Waals surface area contributed by atoms with Crippen LogP contribution >= 0.6 is 0 Å². The molecule has 0 spiro atoms. The van der Waals surface area contributed by atoms with Crippen LogP contribution in [0.4, 0.5) is 17.1 Å². The highest BCUT2D eigenvalue weighted by Gasteiger charge is 2.38. The summed E-state index contributed by atoms with van der Waals surface area (Å²) in [5.74, 6) is 1.89. The molecule has 364 valence electrons. The minimum atomic E-state index is -0.165. The van der Waals surface area contributed by atoms with Gasteiger partial charge in [0.05, 0.1) is 16.7 Å². The lowest BCUT2D eigenvalue weighted by molar-refractivity contribution is 0.660. The van der Waals surface area contributed by atoms with Crippen molar-refractivity contribution in [2.75, 3.05) is 4.90 Å². The molecule has 1 aliphatic carbocycles. The van der Waals surface area contributed by atoms with Crippen molar-refractivity contribution >= 4 is 38.9 Å². The Morgan fingerprint density at radius 1 is 0.325 bits per heavy atom. The van der Waals surface area contributed by atoms with E-state index in [4.69, 9.17) is 15.0 Å². The molecule has 0 fully saturated rings. The van der Waals surface area contributed by atoms with Crippen LogP contribution in [0.25, 0.3) is 106 Å². The van der Waals surface area contributed by atoms with E-state index in [0.29, 0.717) is 17.5 Å². The van der Waals surface area contributed by atoms with Crippen LogP contribution in [0.5, 0.6) is 0 Å². The van der Waals surface area contributed by atoms with Crippen molar-refractivity contribution in [1.82, 2.24) is 19.5 Å². The molecular weight excluding hydrogens is 935 g/mol. The van der Waals surface area contributed by atoms with Crippen molar-refractivity contribution in [3.63, 3.8) is 0 Å². The summed E-state index contributed by atoms with van der Waals surface area (Å²) in [7, 11) is 0. The molecule has 77 heavy (non-hydrogen) atoms. The van der Waals surface area contributed by atoms with E-state index in [0.717, 1.165) is 72.4 Å². The van der Waals surface area contributed by atoms with E-state index in [9.17, 15) is 0 Å². The predicted octanol–water partition coefficient (Wildman–Crippen LogP) is 18.7. The molecule has 0 unspecified atom stereocenters. The zero-order valence-electron chi connectivity index (χ0n) is 42.7. The first-order valence-electron chi connectivity index (χ1n) is 26.3. The zero-order chi connectivity index (χ0) is 51.5. The van der Waals surface area contributed by atoms with Crippen molar-refractivity contribution in [3.05, 3.63) is 284 Å². The van der Waals surface area contributed by atoms with Gasteiger partial charge in [0.1, 0.15) is 0 Å². The third-order valence-electron chi connectivity index (χ3n) is 15.4. The molecular formula is C72H51N5. The molecule has 0 aliphatic heterocycles. The van der Waals surface area contributed by atoms with Gasteiger partial charge in [-0.15, -0.1) is 0 Å². The summed E-state index contributed by atoms with van der Waals surface area (Å²) in [6, 6.07) is 97.9. The standard InChI is InChI=1S/C72H51N5/c1-72(2)63-33-16-15-32-60(63)68-64(72)34-19-35-67(68)76(57-39-36-50(37-40-57)48-20-7-3-8-21-48)59-41-43-66-62(47-59)61-46-55(38-42-65(61)77(66)58-31-18-29-54(45-58)49-22-9-4-10-23-49)53-28-17-30-56(44-53)71-74-69(51-24-11-5-12-25-51)73-70(75-71)52-26-13-6-14-27-52/h3-47H,1-2H3. The monoisotopic (exact) mass is 985 g/mol. The molecule has 1 aliphatic rings. The van der Waals surface area contributed by atoms with Crippen LogP contribution < -0.4 is 4.90 Å². The van der Waals surface area contributed by atoms with Crippen molar-refractivity contribution < 1.29 is 0 Å². The van der Waals surface area contributed by atoms with E-state index in [1.807, 2.05) is 60.7 Å². The number of benzene rings is 11. The van der Waals surface area contributed by atoms with Gasteiger partial charge < -0.3 is 9.47 Å². The molecule has 5 nitrogen and oxygen atoms in total. The van der Waals surface area contributed by atoms with E-state index >= 15 is 0 Å². The first kappa shape index (κ1) is 45.6. The molecule has 2 aromatic heterocycles. The van der Waals surface area contributed by atoms with Crippen LogP contribution in [-0.2, 0) is 5.41 Å². The van der Waals surface area contributed by atoms with Crippen molar-refractivity contribution in [1.29, 1.82) is 0 Å². The Morgan fingerprint density at radius 2 is 0.766 bits per heavy atom. The van der Waals surface area contributed by atoms with Crippen LogP contribution in [0.1, 0.15) is 25.0 Å². The molecule has 0 radical (unpaired) electrons. The Bertz CT molecular complexity index is 4280. The summed E-state index contributed by atoms with van der Waals surface area (Å²) in [5.41, 5.74) is 21.4. The summed E-state index contributed by atoms with van der Waals surface area (Å²) >= 11 is 0. The van der Waals surface area contributed by atoms with Gasteiger partial charge in [0, 0.05) is 55.5 Å². The lowest BCUT2D eigenvalue weighted by Gasteiger charge is -2.29. The van der Waals surface area contributed by atoms with Crippen LogP contribution in [0.3, 0.4) is 0 Å². The number of hydrogen-bond donors (Lipinski definition) is 0. The number of anilines is 3. The highest BCUT2D eigenvalue weighted by molar-refractivity contribution is 6.12. The molecule has 0 N–H and O–H groups in total. The smallest absolute Gasteiger partial charge is 0.164 e. The number of fused-ring (bicyclic) bond motifs is 6. The minimum Gasteiger partial charge on any atom is -0.310 e. The Labute approximate surface area is 448 Å². The van der Waals surface area contributed by atoms with Gasteiger partial charge in [0.15, 0.2) is 17.5 Å². The van der Waals surface area contributed by atoms with E-state index < -0.39 is 0 Å². The second kappa shape index (κ2) is 18.8. The molecule has 0 amide bonds. The molecule has 13 aromatic rings. The summed E-state index contributed by atoms with van der Waals surface area (Å²) in [6.07, 6.45) is 0. The summed E-state index contributed by atoms with van der Waals surface area (Å²) in [4.78, 5) is 17.6. The van der Waals surface area contributed by atoms with Gasteiger partial charge in [-0.3, -0.25) is 0 Å². The largest absolute Gasteiger partial charge is 0.310 e. The number of aromatic nitrogens is 4. The van der Waals surface area contributed by atoms with Crippen LogP contribution in [0.2, 0.25) is 0 Å². The lowest BCUT2D eigenvalue weighted by atomic mass is 9.82. The SMILES string of the molecule is CC1(C)c2ccccc2-c2c(N(c3ccc(-c4ccccc4)cc3)c3ccc4c(c3)c3cc(-c5cccc(-c6nc(-c7ccccc7)nc(-c7ccccc7)n6)c5)ccc3n4-c3cccc(-c4ccccc4)c3)cccc21. The van der Waals surface area contributed by atoms with Gasteiger partial charge in [-0.1, -0.05) is 220 Å². The molecule has 0 bridgehead atoms. The normalized spacial score (nSPS) is 12.4. The van der Waals surface area contributed by atoms with E-state index in [1.54, 1.807) is 0 Å². The molecule has 5 heteroatoms. The quantitative estimate of drug-likeness (QED) is 0.137. The maximum atomic E-state index is 5.10. The third kappa shape index (κ3) is 8.08. The molecule has 0 atom stereocenters. The van der Waals surface area contributed by atoms with Crippen LogP contribution in [-0.4, -0.2) is 19.5 Å². The van der Waals surface area contributed by atoms with Crippen molar-refractivity contribution in [2.24, 2.45) is 0 Å². The fourth-order valence-electron chi connectivity index (χ4n) is 11.6. The number of hydrogen-bond acceptors (Lipinski definition) is 4. The lowest BCUT2D eigenvalue weighted by Crippen LogP contribution is -2.16. The number of nitrogens with zero attached hydrogens (tertiary/aromatic N) is 5. The Morgan fingerprint density at radius 3 is 1.43 bits per heavy atom. The first-order valence-corrected chi connectivity index (χ1v) is 26.3. The maximum absolute atomic E-state index is 5.10. The Kier molecular flexibility index (Phi) is 11.1. The third-order valence-corrected chi connectivity index (χ3v) is 15.4. The summed E-state index contributed by atoms with van der Waals surface area (Å²) in [6.45, 7) is 4.71. The first-order chi connectivity index (χ1) is 37.9. The van der Waals surface area contributed by atoms with Gasteiger partial charge in [-0.25, -0.2) is 15.0 Å². The van der Waals surface area contributed by atoms with Gasteiger partial charge in [-0.05, 0) is 117 Å². The molecule has 11 aromatic carbocycles. The van der Waals surface area contributed by atoms with Crippen LogP contribution in [0, 0.1) is 0 Å². The topological polar surface area (TPSA) is 46.8 Å². The molecule has 14 rings (SSSR count). The second-order valence-corrected chi connectivity index (χ2v) is 20.4. The van der Waals surface area contributed by atoms with E-state index in [-0.39, 0.29) is 5.41 Å². The van der Waals surface area contributed by atoms with Crippen molar-refractivity contribution in [3.8, 4) is 84.4 Å². The van der Waals surface area contributed by atoms with Crippen molar-refractivity contribution in [2.45, 2.75) is 19.3 Å². The van der Waals surface area contributed by atoms with Gasteiger partial charge in [0.25, 0.3) is 0 Å². The maximum Gasteiger partial charge on any atom is 0.164 e. The highest BCUT2D eigenvalue weighted by Crippen LogP contribution is 2.54. The summed E-state index contributed by atoms with van der Waals surface area (Å²) < 4.78 is 2.43. The summed E-state index contributed by atoms with van der Waals surface area (Å²) in [5, 5.41) is 2.30. The fraction of sp³-hybridized carbons (Fsp3) is 0.0417. The average molecular weight is 986 g/mol. The Hall–Kier alpha value is -9.97. The Balaban J connectivity index is 0.968. The van der Waals surface area contributed by atoms with Gasteiger partial charge in [0.2, 0.25) is 0 Å². The fourth-order valence-corrected chi connectivity index (χ4v) is 11.6. The molecule has 0 saturated carbocycles. The van der Waals surface area contributed by atoms with Crippen LogP contribution in [0.15, 0.2) is 273 Å². The predicted molar refractivity (Wildman–Crippen MR) is 319 cm³/mol. The highest BCUT2D eigenvalue weighted by atomic mass is 15.1. The van der Waals surface area contributed by atoms with E-state index in [2.05, 4.69) is 236 Å². The molecule has 2 heterocycles. The zero-order valence-corrected chi connectivity index (χ0v) is 42.7. The second-order valence-electron chi connectivity index (χ2n) is 20.4. The average Bonchev–Trinajstić information content (AvgIpc) is 4.00. The van der Waals surface area contributed by atoms with Gasteiger partial charge in [-0.2, -0.15) is 0 Å². The minimum absolute atomic E-state index is 0.165.